The largest absolute Gasteiger partial charge is 0.364 e. The Bertz CT molecular complexity index is 1600. The van der Waals surface area contributed by atoms with Crippen LogP contribution in [0.1, 0.15) is 112 Å². The number of nitrogens with two attached hydrogens (primary N) is 1. The Labute approximate surface area is 297 Å². The summed E-state index contributed by atoms with van der Waals surface area (Å²) in [5.41, 5.74) is 8.98. The van der Waals surface area contributed by atoms with E-state index in [4.69, 9.17) is 10.5 Å². The Morgan fingerprint density at radius 2 is 1.66 bits per heavy atom. The Kier molecular flexibility index (Phi) is 12.6. The molecule has 2 amide bonds. The molecule has 3 aromatic heterocycles. The lowest BCUT2D eigenvalue weighted by atomic mass is 9.63. The van der Waals surface area contributed by atoms with Crippen LogP contribution >= 0.6 is 0 Å². The third-order valence-electron chi connectivity index (χ3n) is 10.8. The summed E-state index contributed by atoms with van der Waals surface area (Å²) in [6.07, 6.45) is 11.5. The summed E-state index contributed by atoms with van der Waals surface area (Å²) >= 11 is 0. The van der Waals surface area contributed by atoms with Crippen molar-refractivity contribution in [2.45, 2.75) is 136 Å². The summed E-state index contributed by atoms with van der Waals surface area (Å²) in [5, 5.41) is 16.4. The van der Waals surface area contributed by atoms with Gasteiger partial charge in [0.2, 0.25) is 11.9 Å². The van der Waals surface area contributed by atoms with Gasteiger partial charge < -0.3 is 15.8 Å². The van der Waals surface area contributed by atoms with Gasteiger partial charge in [0.05, 0.1) is 11.6 Å². The number of nitrogens with zero attached hydrogens (tertiary/aromatic N) is 6. The molecule has 13 heteroatoms. The van der Waals surface area contributed by atoms with Crippen molar-refractivity contribution in [3.8, 4) is 11.1 Å². The molecule has 0 unspecified atom stereocenters. The number of amides is 2. The molecule has 3 aromatic rings. The molecule has 0 saturated heterocycles. The van der Waals surface area contributed by atoms with Gasteiger partial charge in [-0.1, -0.05) is 96.0 Å². The topological polar surface area (TPSA) is 143 Å². The van der Waals surface area contributed by atoms with Crippen LogP contribution in [0.2, 0.25) is 25.7 Å². The molecule has 0 bridgehead atoms. The molecular weight excluding hydrogens is 652 g/mol. The van der Waals surface area contributed by atoms with Crippen LogP contribution in [-0.4, -0.2) is 56.3 Å². The number of hydrogen-bond donors (Lipinski definition) is 2. The average Bonchev–Trinajstić information content (AvgIpc) is 3.66. The van der Waals surface area contributed by atoms with E-state index >= 15 is 4.39 Å². The normalized spacial score (nSPS) is 17.0. The number of hydrogen-bond acceptors (Lipinski definition) is 7. The molecule has 1 atom stereocenters. The summed E-state index contributed by atoms with van der Waals surface area (Å²) in [7, 11) is -1.23. The van der Waals surface area contributed by atoms with E-state index in [9.17, 15) is 9.59 Å². The number of aromatic nitrogens is 6. The fourth-order valence-corrected chi connectivity index (χ4v) is 9.09. The maximum absolute atomic E-state index is 16.0. The molecule has 11 nitrogen and oxygen atoms in total. The third kappa shape index (κ3) is 8.70. The lowest BCUT2D eigenvalue weighted by Crippen LogP contribution is -2.39. The Hall–Kier alpha value is -3.45. The van der Waals surface area contributed by atoms with Gasteiger partial charge in [0, 0.05) is 38.0 Å². The molecule has 2 aliphatic rings. The standard InChI is InChI=1S/C37H57FN8O3Si/c1-7-28-30(24(3)43-46(28)23-49-21-22-50(4,5)6)27-19-20-29(40-35(27)38)41-37(48)32(33-34(36(39)47)45(8-2)44-42-33)31(25-15-11-9-12-16-25)26-17-13-10-14-18-26/h19-20,25-26,31-32H,7-18,21-23H2,1-6H3,(H2,39,47)(H,40,41,48)/t32-/m0/s1. The number of nitrogens with one attached hydrogen (secondary N) is 1. The zero-order chi connectivity index (χ0) is 36.0. The van der Waals surface area contributed by atoms with Crippen LogP contribution in [0, 0.1) is 30.6 Å². The van der Waals surface area contributed by atoms with Crippen molar-refractivity contribution in [2.75, 3.05) is 11.9 Å². The van der Waals surface area contributed by atoms with Gasteiger partial charge in [-0.25, -0.2) is 14.3 Å². The van der Waals surface area contributed by atoms with Gasteiger partial charge in [-0.05, 0) is 56.2 Å². The zero-order valence-corrected chi connectivity index (χ0v) is 31.9. The van der Waals surface area contributed by atoms with Crippen molar-refractivity contribution in [1.29, 1.82) is 0 Å². The van der Waals surface area contributed by atoms with Gasteiger partial charge in [-0.2, -0.15) is 9.49 Å². The highest BCUT2D eigenvalue weighted by Gasteiger charge is 2.44. The lowest BCUT2D eigenvalue weighted by Gasteiger charge is -2.41. The molecule has 0 aromatic carbocycles. The maximum atomic E-state index is 16.0. The van der Waals surface area contributed by atoms with Crippen LogP contribution in [0.15, 0.2) is 12.1 Å². The third-order valence-corrected chi connectivity index (χ3v) is 12.5. The molecule has 5 rings (SSSR count). The van der Waals surface area contributed by atoms with E-state index < -0.39 is 25.8 Å². The minimum Gasteiger partial charge on any atom is -0.364 e. The van der Waals surface area contributed by atoms with E-state index in [0.717, 1.165) is 63.1 Å². The van der Waals surface area contributed by atoms with Crippen LogP contribution in [-0.2, 0) is 29.2 Å². The lowest BCUT2D eigenvalue weighted by molar-refractivity contribution is -0.120. The molecule has 3 N–H and O–H groups in total. The first-order valence-corrected chi connectivity index (χ1v) is 22.5. The monoisotopic (exact) mass is 708 g/mol. The minimum absolute atomic E-state index is 0.0478. The second-order valence-corrected chi connectivity index (χ2v) is 21.1. The first-order valence-electron chi connectivity index (χ1n) is 18.8. The predicted octanol–water partition coefficient (Wildman–Crippen LogP) is 7.48. The van der Waals surface area contributed by atoms with Gasteiger partial charge in [0.25, 0.3) is 5.91 Å². The summed E-state index contributed by atoms with van der Waals surface area (Å²) in [5.74, 6) is -1.83. The van der Waals surface area contributed by atoms with Crippen LogP contribution in [0.3, 0.4) is 0 Å². The Morgan fingerprint density at radius 1 is 1.02 bits per heavy atom. The maximum Gasteiger partial charge on any atom is 0.268 e. The number of halogens is 1. The molecule has 2 fully saturated rings. The van der Waals surface area contributed by atoms with Crippen LogP contribution in [0.4, 0.5) is 10.2 Å². The second-order valence-electron chi connectivity index (χ2n) is 15.5. The van der Waals surface area contributed by atoms with E-state index in [1.54, 1.807) is 12.1 Å². The van der Waals surface area contributed by atoms with Crippen molar-refractivity contribution in [1.82, 2.24) is 29.8 Å². The molecular formula is C37H57FN8O3Si. The van der Waals surface area contributed by atoms with Gasteiger partial charge in [-0.3, -0.25) is 9.59 Å². The molecule has 0 aliphatic heterocycles. The van der Waals surface area contributed by atoms with Crippen LogP contribution < -0.4 is 11.1 Å². The molecule has 3 heterocycles. The van der Waals surface area contributed by atoms with Gasteiger partial charge in [0.15, 0.2) is 0 Å². The Balaban J connectivity index is 1.46. The van der Waals surface area contributed by atoms with E-state index in [1.165, 1.54) is 17.5 Å². The highest BCUT2D eigenvalue weighted by molar-refractivity contribution is 6.76. The van der Waals surface area contributed by atoms with Gasteiger partial charge in [-0.15, -0.1) is 5.10 Å². The smallest absolute Gasteiger partial charge is 0.268 e. The summed E-state index contributed by atoms with van der Waals surface area (Å²) in [6.45, 7) is 14.0. The zero-order valence-electron chi connectivity index (χ0n) is 30.9. The van der Waals surface area contributed by atoms with E-state index in [-0.39, 0.29) is 23.3 Å². The quantitative estimate of drug-likeness (QED) is 0.0947. The van der Waals surface area contributed by atoms with Crippen molar-refractivity contribution < 1.29 is 18.7 Å². The highest BCUT2D eigenvalue weighted by Crippen LogP contribution is 2.47. The predicted molar refractivity (Wildman–Crippen MR) is 196 cm³/mol. The van der Waals surface area contributed by atoms with E-state index in [1.807, 2.05) is 25.5 Å². The summed E-state index contributed by atoms with van der Waals surface area (Å²) in [4.78, 5) is 31.7. The molecule has 0 spiro atoms. The fourth-order valence-electron chi connectivity index (χ4n) is 8.33. The fraction of sp³-hybridized carbons (Fsp3) is 0.676. The van der Waals surface area contributed by atoms with E-state index in [0.29, 0.717) is 60.7 Å². The Morgan fingerprint density at radius 3 is 2.20 bits per heavy atom. The minimum atomic E-state index is -1.23. The SMILES string of the molecule is CCc1c(-c2ccc(NC(=O)[C@H](c3nnn(CC)c3C(N)=O)C(C3CCCCC3)C3CCCCC3)nc2F)c(C)nn1COCC[Si](C)(C)C. The van der Waals surface area contributed by atoms with Crippen LogP contribution in [0.5, 0.6) is 0 Å². The number of rotatable bonds is 15. The number of aryl methyl sites for hydroxylation is 2. The molecule has 2 saturated carbocycles. The number of anilines is 1. The number of carbonyl (C=O) groups is 2. The molecule has 50 heavy (non-hydrogen) atoms. The van der Waals surface area contributed by atoms with Gasteiger partial charge in [0.1, 0.15) is 23.9 Å². The second kappa shape index (κ2) is 16.7. The number of carbonyl (C=O) groups excluding carboxylic acids is 2. The average molecular weight is 709 g/mol. The molecule has 0 radical (unpaired) electrons. The van der Waals surface area contributed by atoms with Gasteiger partial charge >= 0.3 is 0 Å². The number of primary amides is 1. The molecule has 274 valence electrons. The first-order chi connectivity index (χ1) is 23.9. The van der Waals surface area contributed by atoms with Crippen LogP contribution in [0.25, 0.3) is 11.1 Å². The first kappa shape index (κ1) is 37.8. The van der Waals surface area contributed by atoms with Crippen molar-refractivity contribution in [3.05, 3.63) is 40.9 Å². The number of pyridine rings is 1. The number of ether oxygens (including phenoxy) is 1. The van der Waals surface area contributed by atoms with Crippen molar-refractivity contribution >= 4 is 25.7 Å². The highest BCUT2D eigenvalue weighted by atomic mass is 28.3. The summed E-state index contributed by atoms with van der Waals surface area (Å²) in [6, 6.07) is 4.35. The summed E-state index contributed by atoms with van der Waals surface area (Å²) < 4.78 is 25.3. The van der Waals surface area contributed by atoms with E-state index in [2.05, 4.69) is 45.4 Å². The van der Waals surface area contributed by atoms with Crippen molar-refractivity contribution in [2.24, 2.45) is 23.5 Å². The molecule has 2 aliphatic carbocycles. The van der Waals surface area contributed by atoms with Crippen molar-refractivity contribution in [3.63, 3.8) is 0 Å².